The second-order valence-electron chi connectivity index (χ2n) is 11.8. The summed E-state index contributed by atoms with van der Waals surface area (Å²) in [5.41, 5.74) is 3.19. The van der Waals surface area contributed by atoms with Gasteiger partial charge in [-0.1, -0.05) is 13.8 Å². The molecule has 3 aliphatic heterocycles. The van der Waals surface area contributed by atoms with E-state index in [1.807, 2.05) is 23.6 Å². The fraction of sp³-hybridized carbons (Fsp3) is 0.655. The first-order valence-electron chi connectivity index (χ1n) is 14.2. The van der Waals surface area contributed by atoms with E-state index in [0.717, 1.165) is 68.5 Å². The van der Waals surface area contributed by atoms with E-state index in [-0.39, 0.29) is 29.2 Å². The van der Waals surface area contributed by atoms with Gasteiger partial charge in [0.15, 0.2) is 0 Å². The summed E-state index contributed by atoms with van der Waals surface area (Å²) in [5.74, 6) is 0.423. The number of carbonyl (C=O) groups is 3. The second kappa shape index (κ2) is 10.6. The van der Waals surface area contributed by atoms with Gasteiger partial charge in [-0.3, -0.25) is 19.6 Å². The Morgan fingerprint density at radius 2 is 1.71 bits per heavy atom. The number of aromatic nitrogens is 2. The number of likely N-dealkylation sites (tertiary alicyclic amines) is 1. The van der Waals surface area contributed by atoms with Crippen molar-refractivity contribution in [3.05, 3.63) is 23.9 Å². The molecule has 9 nitrogen and oxygen atoms in total. The number of nitrogens with zero attached hydrogens (tertiary/aromatic N) is 4. The van der Waals surface area contributed by atoms with Gasteiger partial charge in [0, 0.05) is 50.7 Å². The number of carbonyl (C=O) groups excluding carboxylic acids is 3. The number of aryl methyl sites for hydroxylation is 1. The molecule has 0 saturated carbocycles. The number of hydrogen-bond acceptors (Lipinski definition) is 6. The van der Waals surface area contributed by atoms with E-state index >= 15 is 0 Å². The van der Waals surface area contributed by atoms with Gasteiger partial charge in [-0.2, -0.15) is 5.10 Å². The van der Waals surface area contributed by atoms with Gasteiger partial charge in [0.05, 0.1) is 23.7 Å². The van der Waals surface area contributed by atoms with Crippen LogP contribution in [0, 0.1) is 17.3 Å². The van der Waals surface area contributed by atoms with Crippen molar-refractivity contribution in [1.82, 2.24) is 20.0 Å². The number of piperidine rings is 3. The van der Waals surface area contributed by atoms with Crippen molar-refractivity contribution in [2.45, 2.75) is 65.2 Å². The molecular weight excluding hydrogens is 482 g/mol. The minimum Gasteiger partial charge on any atom is -0.450 e. The average Bonchev–Trinajstić information content (AvgIpc) is 3.24. The Bertz CT molecular complexity index is 1210. The molecule has 1 N–H and O–H groups in total. The van der Waals surface area contributed by atoms with Crippen molar-refractivity contribution in [2.24, 2.45) is 24.3 Å². The molecule has 9 heteroatoms. The number of rotatable bonds is 5. The molecule has 5 rings (SSSR count). The Balaban J connectivity index is 1.22. The molecule has 1 atom stereocenters. The van der Waals surface area contributed by atoms with Gasteiger partial charge in [-0.25, -0.2) is 4.79 Å². The monoisotopic (exact) mass is 523 g/mol. The fourth-order valence-corrected chi connectivity index (χ4v) is 6.92. The van der Waals surface area contributed by atoms with Gasteiger partial charge in [-0.15, -0.1) is 0 Å². The number of benzene rings is 1. The summed E-state index contributed by atoms with van der Waals surface area (Å²) in [4.78, 5) is 40.5. The zero-order valence-electron chi connectivity index (χ0n) is 23.2. The van der Waals surface area contributed by atoms with E-state index in [4.69, 9.17) is 9.84 Å². The Morgan fingerprint density at radius 1 is 1.05 bits per heavy atom. The van der Waals surface area contributed by atoms with Crippen LogP contribution in [-0.4, -0.2) is 65.4 Å². The average molecular weight is 524 g/mol. The summed E-state index contributed by atoms with van der Waals surface area (Å²) in [6.45, 7) is 10.7. The van der Waals surface area contributed by atoms with E-state index < -0.39 is 0 Å². The molecule has 0 radical (unpaired) electrons. The molecule has 3 saturated heterocycles. The zero-order valence-corrected chi connectivity index (χ0v) is 23.2. The van der Waals surface area contributed by atoms with Crippen LogP contribution in [0.3, 0.4) is 0 Å². The van der Waals surface area contributed by atoms with E-state index in [1.165, 1.54) is 5.69 Å². The van der Waals surface area contributed by atoms with Gasteiger partial charge >= 0.3 is 6.09 Å². The molecule has 4 heterocycles. The molecule has 0 spiro atoms. The lowest BCUT2D eigenvalue weighted by atomic mass is 9.63. The van der Waals surface area contributed by atoms with Crippen LogP contribution in [-0.2, 0) is 21.4 Å². The summed E-state index contributed by atoms with van der Waals surface area (Å²) >= 11 is 0. The van der Waals surface area contributed by atoms with Gasteiger partial charge < -0.3 is 14.5 Å². The molecule has 0 aliphatic carbocycles. The molecule has 3 fully saturated rings. The van der Waals surface area contributed by atoms with Crippen LogP contribution in [0.1, 0.15) is 70.9 Å². The van der Waals surface area contributed by atoms with Crippen LogP contribution in [0.4, 0.5) is 10.5 Å². The quantitative estimate of drug-likeness (QED) is 0.590. The zero-order chi connectivity index (χ0) is 27.0. The maximum atomic E-state index is 12.5. The third-order valence-electron chi connectivity index (χ3n) is 9.42. The highest BCUT2D eigenvalue weighted by atomic mass is 16.6. The van der Waals surface area contributed by atoms with Crippen molar-refractivity contribution in [3.63, 3.8) is 0 Å². The van der Waals surface area contributed by atoms with Crippen molar-refractivity contribution >= 4 is 34.5 Å². The topological polar surface area (TPSA) is 96.8 Å². The third-order valence-corrected chi connectivity index (χ3v) is 9.42. The van der Waals surface area contributed by atoms with Gasteiger partial charge in [0.2, 0.25) is 11.8 Å². The molecule has 3 amide bonds. The van der Waals surface area contributed by atoms with Crippen LogP contribution in [0.15, 0.2) is 18.2 Å². The summed E-state index contributed by atoms with van der Waals surface area (Å²) in [6.07, 6.45) is 5.06. The number of fused-ring (bicyclic) bond motifs is 1. The first-order chi connectivity index (χ1) is 18.2. The molecule has 38 heavy (non-hydrogen) atoms. The van der Waals surface area contributed by atoms with Crippen LogP contribution in [0.5, 0.6) is 0 Å². The van der Waals surface area contributed by atoms with Crippen LogP contribution < -0.4 is 10.2 Å². The Labute approximate surface area is 224 Å². The van der Waals surface area contributed by atoms with E-state index in [1.54, 1.807) is 0 Å². The standard InChI is InChI=1S/C29H41N5O4/c1-5-38-28(37)34-16-12-20(13-17-34)29(2,3)19-10-14-33(15-11-19)21-6-7-22-24(18-21)32(4)31-26(22)23-8-9-25(35)30-27(23)36/h6-7,18-20,23H,5,8-17H2,1-4H3,(H,30,35,36). The lowest BCUT2D eigenvalue weighted by molar-refractivity contribution is -0.134. The van der Waals surface area contributed by atoms with Gasteiger partial charge in [0.25, 0.3) is 0 Å². The largest absolute Gasteiger partial charge is 0.450 e. The molecule has 0 bridgehead atoms. The van der Waals surface area contributed by atoms with Gasteiger partial charge in [0.1, 0.15) is 0 Å². The molecule has 1 aromatic carbocycles. The normalized spacial score (nSPS) is 22.2. The van der Waals surface area contributed by atoms with Crippen molar-refractivity contribution in [1.29, 1.82) is 0 Å². The Kier molecular flexibility index (Phi) is 7.38. The first kappa shape index (κ1) is 26.5. The number of ether oxygens (including phenoxy) is 1. The van der Waals surface area contributed by atoms with Crippen molar-refractivity contribution in [3.8, 4) is 0 Å². The maximum absolute atomic E-state index is 12.5. The number of nitrogens with one attached hydrogen (secondary N) is 1. The molecule has 1 unspecified atom stereocenters. The van der Waals surface area contributed by atoms with Crippen LogP contribution >= 0.6 is 0 Å². The maximum Gasteiger partial charge on any atom is 0.409 e. The number of amides is 3. The van der Waals surface area contributed by atoms with Crippen molar-refractivity contribution < 1.29 is 19.1 Å². The van der Waals surface area contributed by atoms with Gasteiger partial charge in [-0.05, 0) is 74.5 Å². The number of hydrogen-bond donors (Lipinski definition) is 1. The highest BCUT2D eigenvalue weighted by molar-refractivity contribution is 6.02. The predicted molar refractivity (Wildman–Crippen MR) is 146 cm³/mol. The lowest BCUT2D eigenvalue weighted by Gasteiger charge is -2.48. The van der Waals surface area contributed by atoms with E-state index in [0.29, 0.717) is 31.3 Å². The highest BCUT2D eigenvalue weighted by Gasteiger charge is 2.41. The molecule has 206 valence electrons. The lowest BCUT2D eigenvalue weighted by Crippen LogP contribution is -2.46. The third kappa shape index (κ3) is 4.99. The van der Waals surface area contributed by atoms with Crippen LogP contribution in [0.2, 0.25) is 0 Å². The SMILES string of the molecule is CCOC(=O)N1CCC(C(C)(C)C2CCN(c3ccc4c(C5CCC(=O)NC5=O)nn(C)c4c3)CC2)CC1. The fourth-order valence-electron chi connectivity index (χ4n) is 6.92. The summed E-state index contributed by atoms with van der Waals surface area (Å²) in [5, 5.41) is 8.13. The minimum atomic E-state index is -0.385. The summed E-state index contributed by atoms with van der Waals surface area (Å²) in [7, 11) is 1.92. The summed E-state index contributed by atoms with van der Waals surface area (Å²) in [6, 6.07) is 6.42. The number of imide groups is 1. The molecule has 3 aliphatic rings. The molecular formula is C29H41N5O4. The smallest absolute Gasteiger partial charge is 0.409 e. The van der Waals surface area contributed by atoms with Crippen LogP contribution in [0.25, 0.3) is 10.9 Å². The first-order valence-corrected chi connectivity index (χ1v) is 14.2. The van der Waals surface area contributed by atoms with E-state index in [9.17, 15) is 14.4 Å². The predicted octanol–water partition coefficient (Wildman–Crippen LogP) is 4.20. The number of anilines is 1. The summed E-state index contributed by atoms with van der Waals surface area (Å²) < 4.78 is 7.05. The van der Waals surface area contributed by atoms with Crippen molar-refractivity contribution in [2.75, 3.05) is 37.7 Å². The van der Waals surface area contributed by atoms with E-state index in [2.05, 4.69) is 42.3 Å². The molecule has 1 aromatic heterocycles. The molecule has 2 aromatic rings. The minimum absolute atomic E-state index is 0.174. The Hall–Kier alpha value is -3.10. The second-order valence-corrected chi connectivity index (χ2v) is 11.8. The Morgan fingerprint density at radius 3 is 2.34 bits per heavy atom. The highest BCUT2D eigenvalue weighted by Crippen LogP contribution is 2.46.